The summed E-state index contributed by atoms with van der Waals surface area (Å²) in [6, 6.07) is 8.54. The van der Waals surface area contributed by atoms with Crippen molar-refractivity contribution in [1.29, 1.82) is 0 Å². The van der Waals surface area contributed by atoms with Gasteiger partial charge >= 0.3 is 0 Å². The number of carbonyl (C=O) groups is 1. The van der Waals surface area contributed by atoms with Crippen LogP contribution in [0, 0.1) is 11.3 Å². The van der Waals surface area contributed by atoms with Crippen molar-refractivity contribution in [2.24, 2.45) is 11.3 Å². The van der Waals surface area contributed by atoms with E-state index < -0.39 is 0 Å². The number of hydrogen-bond donors (Lipinski definition) is 1. The summed E-state index contributed by atoms with van der Waals surface area (Å²) >= 11 is 0. The number of amides is 1. The lowest BCUT2D eigenvalue weighted by atomic mass is 9.80. The van der Waals surface area contributed by atoms with Crippen molar-refractivity contribution in [3.05, 3.63) is 29.8 Å². The third-order valence-electron chi connectivity index (χ3n) is 4.64. The van der Waals surface area contributed by atoms with Crippen LogP contribution in [0.5, 0.6) is 0 Å². The predicted octanol–water partition coefficient (Wildman–Crippen LogP) is 3.58. The fourth-order valence-electron chi connectivity index (χ4n) is 2.56. The van der Waals surface area contributed by atoms with Gasteiger partial charge in [-0.15, -0.1) is 0 Å². The number of benzene rings is 1. The van der Waals surface area contributed by atoms with Crippen LogP contribution in [0.2, 0.25) is 0 Å². The Morgan fingerprint density at radius 2 is 2.05 bits per heavy atom. The molecule has 1 N–H and O–H groups in total. The molecule has 0 bridgehead atoms. The van der Waals surface area contributed by atoms with Crippen molar-refractivity contribution in [2.45, 2.75) is 53.6 Å². The van der Waals surface area contributed by atoms with E-state index in [2.05, 4.69) is 52.1 Å². The SMILES string of the molecule is CC1CN(C(=O)CC(C)C(C)(C)C)c2ccccc2CN1. The Balaban J connectivity index is 2.22. The third-order valence-corrected chi connectivity index (χ3v) is 4.64. The van der Waals surface area contributed by atoms with Crippen LogP contribution < -0.4 is 10.2 Å². The van der Waals surface area contributed by atoms with Crippen molar-refractivity contribution in [3.63, 3.8) is 0 Å². The van der Waals surface area contributed by atoms with E-state index in [9.17, 15) is 4.79 Å². The first-order valence-corrected chi connectivity index (χ1v) is 7.90. The van der Waals surface area contributed by atoms with Crippen LogP contribution in [0.3, 0.4) is 0 Å². The zero-order valence-electron chi connectivity index (χ0n) is 13.9. The van der Waals surface area contributed by atoms with Crippen LogP contribution in [0.4, 0.5) is 5.69 Å². The molecule has 21 heavy (non-hydrogen) atoms. The van der Waals surface area contributed by atoms with Gasteiger partial charge in [0, 0.05) is 31.2 Å². The Bertz CT molecular complexity index is 504. The second-order valence-electron chi connectivity index (χ2n) is 7.39. The summed E-state index contributed by atoms with van der Waals surface area (Å²) in [5, 5.41) is 3.48. The minimum absolute atomic E-state index is 0.158. The number of nitrogens with one attached hydrogen (secondary N) is 1. The van der Waals surface area contributed by atoms with Gasteiger partial charge in [0.2, 0.25) is 5.91 Å². The molecule has 0 spiro atoms. The van der Waals surface area contributed by atoms with Gasteiger partial charge in [-0.1, -0.05) is 45.9 Å². The largest absolute Gasteiger partial charge is 0.311 e. The Morgan fingerprint density at radius 3 is 2.71 bits per heavy atom. The first-order chi connectivity index (χ1) is 9.79. The number of hydrogen-bond acceptors (Lipinski definition) is 2. The molecule has 0 saturated carbocycles. The first-order valence-electron chi connectivity index (χ1n) is 7.90. The summed E-state index contributed by atoms with van der Waals surface area (Å²) in [6.07, 6.45) is 0.602. The minimum atomic E-state index is 0.158. The van der Waals surface area contributed by atoms with Crippen LogP contribution in [0.25, 0.3) is 0 Å². The Morgan fingerprint density at radius 1 is 1.38 bits per heavy atom. The summed E-state index contributed by atoms with van der Waals surface area (Å²) < 4.78 is 0. The van der Waals surface area contributed by atoms with Crippen LogP contribution in [-0.4, -0.2) is 18.5 Å². The maximum absolute atomic E-state index is 12.8. The highest BCUT2D eigenvalue weighted by Gasteiger charge is 2.28. The molecule has 1 amide bonds. The average molecular weight is 288 g/mol. The molecule has 2 unspecified atom stereocenters. The average Bonchev–Trinajstić information content (AvgIpc) is 2.57. The molecule has 0 aromatic heterocycles. The molecule has 3 heteroatoms. The number of fused-ring (bicyclic) bond motifs is 1. The predicted molar refractivity (Wildman–Crippen MR) is 88.3 cm³/mol. The molecule has 1 heterocycles. The maximum atomic E-state index is 12.8. The molecule has 3 nitrogen and oxygen atoms in total. The van der Waals surface area contributed by atoms with Crippen LogP contribution >= 0.6 is 0 Å². The number of carbonyl (C=O) groups excluding carboxylic acids is 1. The second-order valence-corrected chi connectivity index (χ2v) is 7.39. The monoisotopic (exact) mass is 288 g/mol. The normalized spacial score (nSPS) is 20.6. The highest BCUT2D eigenvalue weighted by Crippen LogP contribution is 2.30. The highest BCUT2D eigenvalue weighted by atomic mass is 16.2. The lowest BCUT2D eigenvalue weighted by Gasteiger charge is -2.30. The van der Waals surface area contributed by atoms with Crippen molar-refractivity contribution >= 4 is 11.6 Å². The molecule has 0 saturated heterocycles. The molecule has 0 radical (unpaired) electrons. The number of nitrogens with zero attached hydrogens (tertiary/aromatic N) is 1. The van der Waals surface area contributed by atoms with Crippen molar-refractivity contribution < 1.29 is 4.79 Å². The van der Waals surface area contributed by atoms with Crippen LogP contribution in [0.1, 0.15) is 46.6 Å². The molecule has 1 aromatic rings. The van der Waals surface area contributed by atoms with E-state index in [1.54, 1.807) is 0 Å². The summed E-state index contributed by atoms with van der Waals surface area (Å²) in [5.41, 5.74) is 2.43. The molecule has 1 aliphatic rings. The number of anilines is 1. The second kappa shape index (κ2) is 6.18. The van der Waals surface area contributed by atoms with Gasteiger partial charge in [-0.2, -0.15) is 0 Å². The topological polar surface area (TPSA) is 32.3 Å². The third kappa shape index (κ3) is 3.85. The first kappa shape index (κ1) is 16.0. The minimum Gasteiger partial charge on any atom is -0.311 e. The van der Waals surface area contributed by atoms with E-state index in [1.807, 2.05) is 17.0 Å². The van der Waals surface area contributed by atoms with Gasteiger partial charge in [0.1, 0.15) is 0 Å². The summed E-state index contributed by atoms with van der Waals surface area (Å²) in [4.78, 5) is 14.8. The van der Waals surface area contributed by atoms with E-state index >= 15 is 0 Å². The van der Waals surface area contributed by atoms with Crippen LogP contribution in [0.15, 0.2) is 24.3 Å². The maximum Gasteiger partial charge on any atom is 0.227 e. The number of para-hydroxylation sites is 1. The van der Waals surface area contributed by atoms with Gasteiger partial charge < -0.3 is 10.2 Å². The molecular formula is C18H28N2O. The van der Waals surface area contributed by atoms with E-state index in [-0.39, 0.29) is 11.3 Å². The van der Waals surface area contributed by atoms with Crippen molar-refractivity contribution in [1.82, 2.24) is 5.32 Å². The van der Waals surface area contributed by atoms with E-state index in [0.29, 0.717) is 18.4 Å². The standard InChI is InChI=1S/C18H28N2O/c1-13(18(3,4)5)10-17(21)20-12-14(2)19-11-15-8-6-7-9-16(15)20/h6-9,13-14,19H,10-12H2,1-5H3. The van der Waals surface area contributed by atoms with Gasteiger partial charge in [0.25, 0.3) is 0 Å². The lowest BCUT2D eigenvalue weighted by Crippen LogP contribution is -2.41. The molecular weight excluding hydrogens is 260 g/mol. The van der Waals surface area contributed by atoms with Crippen LogP contribution in [-0.2, 0) is 11.3 Å². The fraction of sp³-hybridized carbons (Fsp3) is 0.611. The zero-order valence-corrected chi connectivity index (χ0v) is 13.9. The molecule has 0 fully saturated rings. The zero-order chi connectivity index (χ0) is 15.6. The van der Waals surface area contributed by atoms with Gasteiger partial charge in [-0.3, -0.25) is 4.79 Å². The van der Waals surface area contributed by atoms with Gasteiger partial charge in [0.15, 0.2) is 0 Å². The highest BCUT2D eigenvalue weighted by molar-refractivity contribution is 5.94. The lowest BCUT2D eigenvalue weighted by molar-refractivity contribution is -0.120. The number of rotatable bonds is 2. The molecule has 116 valence electrons. The van der Waals surface area contributed by atoms with Gasteiger partial charge in [-0.05, 0) is 29.9 Å². The molecule has 2 atom stereocenters. The Labute approximate surface area is 128 Å². The molecule has 1 aromatic carbocycles. The summed E-state index contributed by atoms with van der Waals surface area (Å²) in [5.74, 6) is 0.601. The van der Waals surface area contributed by atoms with E-state index in [1.165, 1.54) is 5.56 Å². The van der Waals surface area contributed by atoms with Gasteiger partial charge in [0.05, 0.1) is 0 Å². The Kier molecular flexibility index (Phi) is 4.72. The molecule has 0 aliphatic carbocycles. The summed E-state index contributed by atoms with van der Waals surface area (Å²) in [6.45, 7) is 12.5. The smallest absolute Gasteiger partial charge is 0.227 e. The van der Waals surface area contributed by atoms with E-state index in [4.69, 9.17) is 0 Å². The van der Waals surface area contributed by atoms with Crippen molar-refractivity contribution in [2.75, 3.05) is 11.4 Å². The van der Waals surface area contributed by atoms with Crippen molar-refractivity contribution in [3.8, 4) is 0 Å². The van der Waals surface area contributed by atoms with E-state index in [0.717, 1.165) is 18.8 Å². The quantitative estimate of drug-likeness (QED) is 0.902. The van der Waals surface area contributed by atoms with Gasteiger partial charge in [-0.25, -0.2) is 0 Å². The Hall–Kier alpha value is -1.35. The summed E-state index contributed by atoms with van der Waals surface area (Å²) in [7, 11) is 0. The molecule has 2 rings (SSSR count). The molecule has 1 aliphatic heterocycles. The fourth-order valence-corrected chi connectivity index (χ4v) is 2.56.